The van der Waals surface area contributed by atoms with Gasteiger partial charge in [-0.05, 0) is 61.2 Å². The molecule has 4 aromatic rings. The van der Waals surface area contributed by atoms with Crippen molar-refractivity contribution in [2.75, 3.05) is 0 Å². The van der Waals surface area contributed by atoms with Gasteiger partial charge in [0.2, 0.25) is 5.91 Å². The Morgan fingerprint density at radius 1 is 1.00 bits per heavy atom. The second-order valence-electron chi connectivity index (χ2n) is 8.95. The Labute approximate surface area is 183 Å². The lowest BCUT2D eigenvalue weighted by Gasteiger charge is -2.24. The fourth-order valence-corrected chi connectivity index (χ4v) is 5.32. The molecule has 1 spiro atoms. The molecule has 156 valence electrons. The third-order valence-corrected chi connectivity index (χ3v) is 6.91. The summed E-state index contributed by atoms with van der Waals surface area (Å²) in [4.78, 5) is 30.1. The summed E-state index contributed by atoms with van der Waals surface area (Å²) in [6.07, 6.45) is 9.02. The number of dihydropyridines is 1. The lowest BCUT2D eigenvalue weighted by Crippen LogP contribution is -2.36. The molecule has 0 bridgehead atoms. The first-order chi connectivity index (χ1) is 15.6. The van der Waals surface area contributed by atoms with Gasteiger partial charge in [0.15, 0.2) is 0 Å². The van der Waals surface area contributed by atoms with Crippen LogP contribution in [-0.4, -0.2) is 31.9 Å². The summed E-state index contributed by atoms with van der Waals surface area (Å²) < 4.78 is 0. The number of carbonyl (C=O) groups is 1. The Kier molecular flexibility index (Phi) is 3.33. The Morgan fingerprint density at radius 3 is 2.69 bits per heavy atom. The fraction of sp³-hybridized carbons (Fsp3) is 0.200. The van der Waals surface area contributed by atoms with Crippen molar-refractivity contribution in [2.24, 2.45) is 5.41 Å². The summed E-state index contributed by atoms with van der Waals surface area (Å²) in [5.74, 6) is 1.76. The highest BCUT2D eigenvalue weighted by molar-refractivity contribution is 5.94. The van der Waals surface area contributed by atoms with Crippen molar-refractivity contribution in [1.29, 1.82) is 0 Å². The van der Waals surface area contributed by atoms with Crippen molar-refractivity contribution in [2.45, 2.75) is 25.8 Å². The molecule has 1 unspecified atom stereocenters. The molecule has 0 fully saturated rings. The first kappa shape index (κ1) is 17.7. The first-order valence-electron chi connectivity index (χ1n) is 10.8. The molecule has 3 N–H and O–H groups in total. The number of H-pyrrole nitrogens is 1. The van der Waals surface area contributed by atoms with E-state index in [1.165, 1.54) is 11.1 Å². The number of nitrogens with zero attached hydrogens (tertiary/aromatic N) is 3. The van der Waals surface area contributed by atoms with Gasteiger partial charge >= 0.3 is 0 Å². The molecule has 7 nitrogen and oxygen atoms in total. The van der Waals surface area contributed by atoms with Gasteiger partial charge in [0.1, 0.15) is 11.6 Å². The lowest BCUT2D eigenvalue weighted by atomic mass is 9.77. The quantitative estimate of drug-likeness (QED) is 0.440. The average Bonchev–Trinajstić information content (AvgIpc) is 3.45. The van der Waals surface area contributed by atoms with Crippen LogP contribution < -0.4 is 10.6 Å². The normalized spacial score (nSPS) is 20.7. The van der Waals surface area contributed by atoms with Gasteiger partial charge in [-0.1, -0.05) is 12.2 Å². The van der Waals surface area contributed by atoms with Crippen LogP contribution >= 0.6 is 0 Å². The number of benzene rings is 2. The van der Waals surface area contributed by atoms with Crippen LogP contribution in [-0.2, 0) is 17.6 Å². The van der Waals surface area contributed by atoms with Crippen LogP contribution in [0.25, 0.3) is 33.5 Å². The molecule has 2 atom stereocenters. The number of aromatic amines is 1. The highest BCUT2D eigenvalue weighted by Gasteiger charge is 2.52. The second-order valence-corrected chi connectivity index (χ2v) is 8.95. The number of hydrogen-bond acceptors (Lipinski definition) is 5. The van der Waals surface area contributed by atoms with Crippen LogP contribution in [0.2, 0.25) is 0 Å². The molecule has 0 saturated carbocycles. The highest BCUT2D eigenvalue weighted by atomic mass is 16.2. The number of nitrogens with one attached hydrogen (secondary N) is 3. The molecule has 1 amide bonds. The zero-order chi connectivity index (χ0) is 21.4. The third kappa shape index (κ3) is 2.36. The Balaban J connectivity index is 1.28. The molecular formula is C25H20N6O. The van der Waals surface area contributed by atoms with Gasteiger partial charge < -0.3 is 15.6 Å². The van der Waals surface area contributed by atoms with Crippen LogP contribution in [0.5, 0.6) is 0 Å². The molecule has 1 aliphatic carbocycles. The van der Waals surface area contributed by atoms with Gasteiger partial charge in [0, 0.05) is 29.6 Å². The molecule has 7 rings (SSSR count). The number of allylic oxidation sites excluding steroid dienone is 1. The third-order valence-electron chi connectivity index (χ3n) is 6.91. The van der Waals surface area contributed by atoms with Gasteiger partial charge in [-0.2, -0.15) is 0 Å². The predicted octanol–water partition coefficient (Wildman–Crippen LogP) is 3.15. The van der Waals surface area contributed by atoms with Crippen molar-refractivity contribution in [1.82, 2.24) is 30.6 Å². The van der Waals surface area contributed by atoms with Crippen molar-refractivity contribution in [3.63, 3.8) is 0 Å². The van der Waals surface area contributed by atoms with E-state index in [0.29, 0.717) is 12.8 Å². The largest absolute Gasteiger partial charge is 0.365 e. The minimum atomic E-state index is -0.528. The summed E-state index contributed by atoms with van der Waals surface area (Å²) >= 11 is 0. The monoisotopic (exact) mass is 420 g/mol. The highest BCUT2D eigenvalue weighted by Crippen LogP contribution is 2.48. The number of hydrogen-bond donors (Lipinski definition) is 3. The summed E-state index contributed by atoms with van der Waals surface area (Å²) in [6.45, 7) is 2.08. The van der Waals surface area contributed by atoms with E-state index in [0.717, 1.165) is 44.8 Å². The van der Waals surface area contributed by atoms with E-state index in [2.05, 4.69) is 56.8 Å². The molecule has 2 aliphatic heterocycles. The Bertz CT molecular complexity index is 1490. The van der Waals surface area contributed by atoms with E-state index in [1.54, 1.807) is 12.4 Å². The second kappa shape index (κ2) is 6.03. The molecular weight excluding hydrogens is 400 g/mol. The summed E-state index contributed by atoms with van der Waals surface area (Å²) in [5, 5.41) is 6.46. The molecule has 7 heteroatoms. The zero-order valence-electron chi connectivity index (χ0n) is 17.4. The number of imidazole rings is 1. The van der Waals surface area contributed by atoms with Gasteiger partial charge in [-0.25, -0.2) is 4.98 Å². The van der Waals surface area contributed by atoms with E-state index < -0.39 is 5.41 Å². The maximum atomic E-state index is 13.1. The minimum absolute atomic E-state index is 0.0829. The number of carbonyl (C=O) groups excluding carboxylic acids is 1. The van der Waals surface area contributed by atoms with Crippen molar-refractivity contribution < 1.29 is 4.79 Å². The van der Waals surface area contributed by atoms with E-state index in [4.69, 9.17) is 4.98 Å². The molecule has 32 heavy (non-hydrogen) atoms. The van der Waals surface area contributed by atoms with E-state index in [9.17, 15) is 4.79 Å². The van der Waals surface area contributed by atoms with Crippen LogP contribution in [0.15, 0.2) is 66.3 Å². The van der Waals surface area contributed by atoms with Crippen LogP contribution in [0, 0.1) is 5.41 Å². The van der Waals surface area contributed by atoms with Crippen LogP contribution in [0.4, 0.5) is 0 Å². The number of fused-ring (bicyclic) bond motifs is 4. The summed E-state index contributed by atoms with van der Waals surface area (Å²) in [7, 11) is 0. The number of amides is 1. The van der Waals surface area contributed by atoms with Crippen LogP contribution in [0.1, 0.15) is 18.1 Å². The van der Waals surface area contributed by atoms with Crippen molar-refractivity contribution >= 4 is 28.0 Å². The van der Waals surface area contributed by atoms with Gasteiger partial charge in [-0.3, -0.25) is 14.8 Å². The van der Waals surface area contributed by atoms with Gasteiger partial charge in [0.25, 0.3) is 0 Å². The Morgan fingerprint density at radius 2 is 1.81 bits per heavy atom. The SMILES string of the molecule is CC1C=CC2=C(NC(=O)[C@@]23Cc2cc4nc(-c5ccc6nccnc6c5)[nH]c4cc2C3)N1. The summed E-state index contributed by atoms with van der Waals surface area (Å²) in [5.41, 5.74) is 7.51. The van der Waals surface area contributed by atoms with E-state index >= 15 is 0 Å². The molecule has 4 heterocycles. The maximum Gasteiger partial charge on any atom is 0.236 e. The molecule has 0 saturated heterocycles. The minimum Gasteiger partial charge on any atom is -0.365 e. The topological polar surface area (TPSA) is 95.6 Å². The Hall–Kier alpha value is -4.00. The summed E-state index contributed by atoms with van der Waals surface area (Å²) in [6, 6.07) is 10.5. The van der Waals surface area contributed by atoms with Gasteiger partial charge in [0.05, 0.1) is 27.5 Å². The molecule has 2 aromatic heterocycles. The first-order valence-corrected chi connectivity index (χ1v) is 10.8. The zero-order valence-corrected chi connectivity index (χ0v) is 17.4. The number of aromatic nitrogens is 4. The van der Waals surface area contributed by atoms with E-state index in [-0.39, 0.29) is 11.9 Å². The predicted molar refractivity (Wildman–Crippen MR) is 121 cm³/mol. The van der Waals surface area contributed by atoms with Crippen molar-refractivity contribution in [3.8, 4) is 11.4 Å². The molecule has 0 radical (unpaired) electrons. The van der Waals surface area contributed by atoms with Crippen molar-refractivity contribution in [3.05, 3.63) is 77.4 Å². The maximum absolute atomic E-state index is 13.1. The average molecular weight is 420 g/mol. The van der Waals surface area contributed by atoms with Gasteiger partial charge in [-0.15, -0.1) is 0 Å². The lowest BCUT2D eigenvalue weighted by molar-refractivity contribution is -0.126. The molecule has 3 aliphatic rings. The number of rotatable bonds is 1. The smallest absolute Gasteiger partial charge is 0.236 e. The fourth-order valence-electron chi connectivity index (χ4n) is 5.32. The molecule has 2 aromatic carbocycles. The van der Waals surface area contributed by atoms with E-state index in [1.807, 2.05) is 18.2 Å². The van der Waals surface area contributed by atoms with Crippen LogP contribution in [0.3, 0.4) is 0 Å². The standard InChI is InChI=1S/C25H20N6O/c1-13-2-4-17-23(28-13)31-24(32)25(17)11-15-9-20-21(10-16(15)12-25)30-22(29-20)14-3-5-18-19(8-14)27-7-6-26-18/h2-10,13,28H,11-12H2,1H3,(H,29,30)(H,31,32).